The number of hydrogen-bond acceptors (Lipinski definition) is 4. The van der Waals surface area contributed by atoms with Gasteiger partial charge in [0.2, 0.25) is 0 Å². The van der Waals surface area contributed by atoms with Gasteiger partial charge in [-0.2, -0.15) is 0 Å². The lowest BCUT2D eigenvalue weighted by molar-refractivity contribution is 0.0975. The molecule has 2 aromatic heterocycles. The highest BCUT2D eigenvalue weighted by Crippen LogP contribution is 2.23. The van der Waals surface area contributed by atoms with Crippen LogP contribution in [0.25, 0.3) is 17.2 Å². The second-order valence-corrected chi connectivity index (χ2v) is 11.2. The molecule has 198 valence electrons. The van der Waals surface area contributed by atoms with Gasteiger partial charge < -0.3 is 9.47 Å². The Morgan fingerprint density at radius 3 is 2.43 bits per heavy atom. The van der Waals surface area contributed by atoms with E-state index in [4.69, 9.17) is 9.97 Å². The molecule has 1 aromatic carbocycles. The number of imidazole rings is 1. The zero-order valence-electron chi connectivity index (χ0n) is 23.3. The van der Waals surface area contributed by atoms with Gasteiger partial charge in [0.05, 0.1) is 6.54 Å². The van der Waals surface area contributed by atoms with Crippen LogP contribution < -0.4 is 0 Å². The highest BCUT2D eigenvalue weighted by atomic mass is 15.2. The Morgan fingerprint density at radius 1 is 0.946 bits per heavy atom. The molecule has 0 radical (unpaired) electrons. The van der Waals surface area contributed by atoms with Crippen LogP contribution in [0.3, 0.4) is 0 Å². The molecular formula is C32H45N5. The monoisotopic (exact) mass is 499 g/mol. The van der Waals surface area contributed by atoms with E-state index in [1.54, 1.807) is 0 Å². The van der Waals surface area contributed by atoms with E-state index < -0.39 is 0 Å². The van der Waals surface area contributed by atoms with Crippen LogP contribution in [0.15, 0.2) is 36.4 Å². The molecule has 2 aliphatic rings. The molecule has 2 fully saturated rings. The van der Waals surface area contributed by atoms with Gasteiger partial charge in [-0.25, -0.2) is 9.97 Å². The van der Waals surface area contributed by atoms with Crippen LogP contribution in [0.2, 0.25) is 0 Å². The zero-order chi connectivity index (χ0) is 25.6. The van der Waals surface area contributed by atoms with Crippen molar-refractivity contribution in [1.82, 2.24) is 24.3 Å². The molecule has 5 heteroatoms. The number of pyridine rings is 1. The molecule has 3 aromatic rings. The summed E-state index contributed by atoms with van der Waals surface area (Å²) in [4.78, 5) is 15.3. The van der Waals surface area contributed by atoms with Crippen LogP contribution in [-0.4, -0.2) is 63.1 Å². The van der Waals surface area contributed by atoms with Gasteiger partial charge >= 0.3 is 0 Å². The molecule has 0 N–H and O–H groups in total. The smallest absolute Gasteiger partial charge is 0.160 e. The van der Waals surface area contributed by atoms with E-state index >= 15 is 0 Å². The number of rotatable bonds is 9. The van der Waals surface area contributed by atoms with Gasteiger partial charge in [-0.15, -0.1) is 0 Å². The zero-order valence-corrected chi connectivity index (χ0v) is 23.3. The average Bonchev–Trinajstić information content (AvgIpc) is 3.26. The van der Waals surface area contributed by atoms with E-state index in [1.165, 1.54) is 81.4 Å². The van der Waals surface area contributed by atoms with Crippen molar-refractivity contribution in [1.29, 1.82) is 0 Å². The minimum Gasteiger partial charge on any atom is -0.308 e. The van der Waals surface area contributed by atoms with Crippen LogP contribution in [0.1, 0.15) is 80.1 Å². The summed E-state index contributed by atoms with van der Waals surface area (Å²) >= 11 is 0. The summed E-state index contributed by atoms with van der Waals surface area (Å²) < 4.78 is 2.34. The Bertz CT molecular complexity index is 1180. The lowest BCUT2D eigenvalue weighted by Gasteiger charge is -2.40. The van der Waals surface area contributed by atoms with E-state index in [-0.39, 0.29) is 0 Å². The normalized spacial score (nSPS) is 18.4. The van der Waals surface area contributed by atoms with E-state index in [0.29, 0.717) is 0 Å². The van der Waals surface area contributed by atoms with Crippen LogP contribution in [0, 0.1) is 13.8 Å². The molecule has 0 bridgehead atoms. The first-order chi connectivity index (χ1) is 18.1. The van der Waals surface area contributed by atoms with Crippen LogP contribution in [-0.2, 0) is 13.0 Å². The highest BCUT2D eigenvalue weighted by molar-refractivity contribution is 5.76. The van der Waals surface area contributed by atoms with Crippen molar-refractivity contribution >= 4 is 17.2 Å². The maximum atomic E-state index is 5.00. The van der Waals surface area contributed by atoms with Gasteiger partial charge in [-0.05, 0) is 94.9 Å². The maximum Gasteiger partial charge on any atom is 0.160 e. The first kappa shape index (κ1) is 26.1. The number of fused-ring (bicyclic) bond motifs is 1. The minimum atomic E-state index is 0.821. The van der Waals surface area contributed by atoms with Crippen molar-refractivity contribution in [2.45, 2.75) is 84.7 Å². The molecule has 5 rings (SSSR count). The molecule has 0 saturated carbocycles. The average molecular weight is 500 g/mol. The van der Waals surface area contributed by atoms with Gasteiger partial charge in [0.25, 0.3) is 0 Å². The Morgan fingerprint density at radius 2 is 1.70 bits per heavy atom. The molecule has 37 heavy (non-hydrogen) atoms. The summed E-state index contributed by atoms with van der Waals surface area (Å²) in [5, 5.41) is 0. The summed E-state index contributed by atoms with van der Waals surface area (Å²) in [6.07, 6.45) is 14.9. The van der Waals surface area contributed by atoms with Crippen LogP contribution in [0.4, 0.5) is 0 Å². The standard InChI is InChI=1S/C32H45N5/c1-4-5-11-30-34-31-25(2)23-26(3)33-32(31)37(30)24-28-14-12-27(13-15-28)10-9-18-35-21-16-29(17-22-35)36-19-7-6-8-20-36/h9-10,12-15,23,29H,4-8,11,16-22,24H2,1-3H3/b10-9+. The minimum absolute atomic E-state index is 0.821. The second kappa shape index (κ2) is 12.4. The lowest BCUT2D eigenvalue weighted by atomic mass is 10.00. The van der Waals surface area contributed by atoms with Crippen LogP contribution in [0.5, 0.6) is 0 Å². The third-order valence-electron chi connectivity index (χ3n) is 8.31. The van der Waals surface area contributed by atoms with E-state index in [9.17, 15) is 0 Å². The molecule has 0 unspecified atom stereocenters. The predicted molar refractivity (Wildman–Crippen MR) is 155 cm³/mol. The van der Waals surface area contributed by atoms with Gasteiger partial charge in [-0.3, -0.25) is 4.90 Å². The number of hydrogen-bond donors (Lipinski definition) is 0. The Kier molecular flexibility index (Phi) is 8.73. The molecule has 2 aliphatic heterocycles. The summed E-state index contributed by atoms with van der Waals surface area (Å²) in [5.41, 5.74) is 6.93. The van der Waals surface area contributed by atoms with Gasteiger partial charge in [-0.1, -0.05) is 56.2 Å². The predicted octanol–water partition coefficient (Wildman–Crippen LogP) is 6.40. The van der Waals surface area contributed by atoms with Gasteiger partial charge in [0.15, 0.2) is 5.65 Å². The molecule has 0 spiro atoms. The first-order valence-electron chi connectivity index (χ1n) is 14.7. The molecule has 5 nitrogen and oxygen atoms in total. The third-order valence-corrected chi connectivity index (χ3v) is 8.31. The number of likely N-dealkylation sites (tertiary alicyclic amines) is 2. The van der Waals surface area contributed by atoms with Crippen molar-refractivity contribution in [3.05, 3.63) is 64.6 Å². The summed E-state index contributed by atoms with van der Waals surface area (Å²) in [5.74, 6) is 1.16. The number of benzene rings is 1. The highest BCUT2D eigenvalue weighted by Gasteiger charge is 2.25. The number of aromatic nitrogens is 3. The first-order valence-corrected chi connectivity index (χ1v) is 14.7. The topological polar surface area (TPSA) is 37.2 Å². The fraction of sp³-hybridized carbons (Fsp3) is 0.562. The lowest BCUT2D eigenvalue weighted by Crippen LogP contribution is -2.46. The fourth-order valence-electron chi connectivity index (χ4n) is 6.15. The van der Waals surface area contributed by atoms with E-state index in [2.05, 4.69) is 77.6 Å². The molecule has 0 amide bonds. The summed E-state index contributed by atoms with van der Waals surface area (Å²) in [7, 11) is 0. The third kappa shape index (κ3) is 6.50. The van der Waals surface area contributed by atoms with Crippen LogP contribution >= 0.6 is 0 Å². The molecule has 4 heterocycles. The molecular weight excluding hydrogens is 454 g/mol. The second-order valence-electron chi connectivity index (χ2n) is 11.2. The van der Waals surface area contributed by atoms with Crippen molar-refractivity contribution < 1.29 is 0 Å². The van der Waals surface area contributed by atoms with Crippen molar-refractivity contribution in [2.75, 3.05) is 32.7 Å². The molecule has 2 saturated heterocycles. The number of nitrogens with zero attached hydrogens (tertiary/aromatic N) is 5. The number of unbranched alkanes of at least 4 members (excludes halogenated alkanes) is 1. The van der Waals surface area contributed by atoms with Crippen molar-refractivity contribution in [3.8, 4) is 0 Å². The quantitative estimate of drug-likeness (QED) is 0.341. The molecule has 0 atom stereocenters. The molecule has 0 aliphatic carbocycles. The largest absolute Gasteiger partial charge is 0.308 e. The Labute approximate surface area is 223 Å². The van der Waals surface area contributed by atoms with E-state index in [0.717, 1.165) is 54.7 Å². The SMILES string of the molecule is CCCCc1nc2c(C)cc(C)nc2n1Cc1ccc(/C=C/CN2CCC(N3CCCCC3)CC2)cc1. The Hall–Kier alpha value is -2.50. The number of aryl methyl sites for hydroxylation is 3. The number of piperidine rings is 2. The Balaban J connectivity index is 1.18. The summed E-state index contributed by atoms with van der Waals surface area (Å²) in [6.45, 7) is 13.5. The van der Waals surface area contributed by atoms with Crippen molar-refractivity contribution in [3.63, 3.8) is 0 Å². The maximum absolute atomic E-state index is 5.00. The van der Waals surface area contributed by atoms with Gasteiger partial charge in [0.1, 0.15) is 11.3 Å². The van der Waals surface area contributed by atoms with Gasteiger partial charge in [0, 0.05) is 24.7 Å². The fourth-order valence-corrected chi connectivity index (χ4v) is 6.15. The van der Waals surface area contributed by atoms with E-state index in [1.807, 2.05) is 0 Å². The summed E-state index contributed by atoms with van der Waals surface area (Å²) in [6, 6.07) is 12.0. The van der Waals surface area contributed by atoms with Crippen molar-refractivity contribution in [2.24, 2.45) is 0 Å².